The Balaban J connectivity index is 2.55. The van der Waals surface area contributed by atoms with Gasteiger partial charge in [-0.2, -0.15) is 0 Å². The number of nitrogens with two attached hydrogens (primary N) is 2. The number of halogens is 1. The average molecular weight is 229 g/mol. The van der Waals surface area contributed by atoms with Gasteiger partial charge in [-0.1, -0.05) is 23.8 Å². The van der Waals surface area contributed by atoms with Crippen LogP contribution in [0.15, 0.2) is 35.2 Å². The van der Waals surface area contributed by atoms with E-state index in [-0.39, 0.29) is 0 Å². The van der Waals surface area contributed by atoms with E-state index in [0.717, 1.165) is 10.6 Å². The first-order valence-corrected chi connectivity index (χ1v) is 5.63. The Labute approximate surface area is 93.3 Å². The van der Waals surface area contributed by atoms with Crippen molar-refractivity contribution >= 4 is 29.1 Å². The Morgan fingerprint density at radius 3 is 2.79 bits per heavy atom. The van der Waals surface area contributed by atoms with Gasteiger partial charge < -0.3 is 11.5 Å². The van der Waals surface area contributed by atoms with Gasteiger partial charge in [-0.15, -0.1) is 11.8 Å². The summed E-state index contributed by atoms with van der Waals surface area (Å²) in [6, 6.07) is 5.54. The van der Waals surface area contributed by atoms with E-state index in [2.05, 4.69) is 0 Å². The van der Waals surface area contributed by atoms with Gasteiger partial charge in [-0.25, -0.2) is 0 Å². The molecule has 0 aliphatic rings. The van der Waals surface area contributed by atoms with Gasteiger partial charge in [0.2, 0.25) is 0 Å². The number of hydrogen-bond donors (Lipinski definition) is 2. The maximum atomic E-state index is 5.99. The SMILES string of the molecule is NC/C=C/CSc1ccc(N)cc1Cl. The lowest BCUT2D eigenvalue weighted by Gasteiger charge is -2.02. The van der Waals surface area contributed by atoms with Crippen LogP contribution >= 0.6 is 23.4 Å². The van der Waals surface area contributed by atoms with Gasteiger partial charge >= 0.3 is 0 Å². The maximum absolute atomic E-state index is 5.99. The molecular weight excluding hydrogens is 216 g/mol. The summed E-state index contributed by atoms with van der Waals surface area (Å²) in [5, 5.41) is 0.705. The number of nitrogen functional groups attached to an aromatic ring is 1. The molecule has 0 atom stereocenters. The van der Waals surface area contributed by atoms with Crippen LogP contribution in [0.3, 0.4) is 0 Å². The molecule has 0 aliphatic heterocycles. The van der Waals surface area contributed by atoms with Crippen molar-refractivity contribution in [3.63, 3.8) is 0 Å². The molecule has 4 heteroatoms. The first-order chi connectivity index (χ1) is 6.74. The van der Waals surface area contributed by atoms with Gasteiger partial charge in [-0.3, -0.25) is 0 Å². The lowest BCUT2D eigenvalue weighted by Crippen LogP contribution is -1.92. The van der Waals surface area contributed by atoms with Gasteiger partial charge in [0, 0.05) is 22.9 Å². The van der Waals surface area contributed by atoms with E-state index in [4.69, 9.17) is 23.1 Å². The van der Waals surface area contributed by atoms with E-state index in [9.17, 15) is 0 Å². The Bertz CT molecular complexity index is 326. The molecule has 1 aromatic rings. The van der Waals surface area contributed by atoms with Gasteiger partial charge in [0.25, 0.3) is 0 Å². The topological polar surface area (TPSA) is 52.0 Å². The first-order valence-electron chi connectivity index (χ1n) is 4.27. The predicted octanol–water partition coefficient (Wildman–Crippen LogP) is 2.53. The normalized spacial score (nSPS) is 11.0. The van der Waals surface area contributed by atoms with Crippen LogP contribution in [-0.4, -0.2) is 12.3 Å². The molecule has 0 heterocycles. The van der Waals surface area contributed by atoms with Crippen LogP contribution < -0.4 is 11.5 Å². The molecule has 0 fully saturated rings. The largest absolute Gasteiger partial charge is 0.399 e. The molecule has 0 aromatic heterocycles. The molecule has 0 saturated heterocycles. The summed E-state index contributed by atoms with van der Waals surface area (Å²) >= 11 is 7.66. The molecule has 0 aliphatic carbocycles. The van der Waals surface area contributed by atoms with Crippen molar-refractivity contribution in [2.24, 2.45) is 5.73 Å². The van der Waals surface area contributed by atoms with Crippen LogP contribution in [0.5, 0.6) is 0 Å². The average Bonchev–Trinajstić information content (AvgIpc) is 2.15. The monoisotopic (exact) mass is 228 g/mol. The molecule has 4 N–H and O–H groups in total. The Hall–Kier alpha value is -0.640. The number of hydrogen-bond acceptors (Lipinski definition) is 3. The van der Waals surface area contributed by atoms with Gasteiger partial charge in [0.1, 0.15) is 0 Å². The Kier molecular flexibility index (Phi) is 4.87. The summed E-state index contributed by atoms with van der Waals surface area (Å²) in [5.74, 6) is 0.876. The van der Waals surface area contributed by atoms with Crippen molar-refractivity contribution in [1.29, 1.82) is 0 Å². The number of thioether (sulfide) groups is 1. The quantitative estimate of drug-likeness (QED) is 0.473. The van der Waals surface area contributed by atoms with Gasteiger partial charge in [0.05, 0.1) is 5.02 Å². The van der Waals surface area contributed by atoms with Gasteiger partial charge in [-0.05, 0) is 18.2 Å². The van der Waals surface area contributed by atoms with Crippen LogP contribution in [0.2, 0.25) is 5.02 Å². The highest BCUT2D eigenvalue weighted by molar-refractivity contribution is 7.99. The van der Waals surface area contributed by atoms with Crippen molar-refractivity contribution in [2.45, 2.75) is 4.90 Å². The van der Waals surface area contributed by atoms with E-state index in [1.54, 1.807) is 17.8 Å². The lowest BCUT2D eigenvalue weighted by atomic mass is 10.3. The number of anilines is 1. The van der Waals surface area contributed by atoms with Crippen molar-refractivity contribution in [2.75, 3.05) is 18.0 Å². The van der Waals surface area contributed by atoms with E-state index in [1.165, 1.54) is 0 Å². The molecule has 0 amide bonds. The molecule has 1 aromatic carbocycles. The standard InChI is InChI=1S/C10H13ClN2S/c11-9-7-8(13)3-4-10(9)14-6-2-1-5-12/h1-4,7H,5-6,12-13H2/b2-1+. The number of benzene rings is 1. The lowest BCUT2D eigenvalue weighted by molar-refractivity contribution is 1.25. The third-order valence-corrected chi connectivity index (χ3v) is 3.04. The fraction of sp³-hybridized carbons (Fsp3) is 0.200. The van der Waals surface area contributed by atoms with Gasteiger partial charge in [0.15, 0.2) is 0 Å². The van der Waals surface area contributed by atoms with Crippen molar-refractivity contribution in [1.82, 2.24) is 0 Å². The summed E-state index contributed by atoms with van der Waals surface area (Å²) in [6.45, 7) is 0.579. The van der Waals surface area contributed by atoms with E-state index in [0.29, 0.717) is 17.3 Å². The van der Waals surface area contributed by atoms with Crippen LogP contribution in [0.4, 0.5) is 5.69 Å². The van der Waals surface area contributed by atoms with E-state index >= 15 is 0 Å². The highest BCUT2D eigenvalue weighted by atomic mass is 35.5. The molecule has 1 rings (SSSR count). The van der Waals surface area contributed by atoms with Crippen LogP contribution in [0.25, 0.3) is 0 Å². The summed E-state index contributed by atoms with van der Waals surface area (Å²) in [4.78, 5) is 1.04. The fourth-order valence-electron chi connectivity index (χ4n) is 0.936. The van der Waals surface area contributed by atoms with E-state index in [1.807, 2.05) is 24.3 Å². The predicted molar refractivity (Wildman–Crippen MR) is 64.8 cm³/mol. The minimum atomic E-state index is 0.579. The highest BCUT2D eigenvalue weighted by Gasteiger charge is 1.99. The minimum absolute atomic E-state index is 0.579. The molecule has 0 bridgehead atoms. The second kappa shape index (κ2) is 5.96. The molecule has 0 spiro atoms. The second-order valence-electron chi connectivity index (χ2n) is 2.71. The van der Waals surface area contributed by atoms with Crippen LogP contribution in [0, 0.1) is 0 Å². The summed E-state index contributed by atoms with van der Waals surface area (Å²) in [7, 11) is 0. The van der Waals surface area contributed by atoms with Crippen LogP contribution in [0.1, 0.15) is 0 Å². The zero-order valence-corrected chi connectivity index (χ0v) is 9.31. The molecule has 0 radical (unpaired) electrons. The third kappa shape index (κ3) is 3.62. The van der Waals surface area contributed by atoms with Crippen LogP contribution in [-0.2, 0) is 0 Å². The van der Waals surface area contributed by atoms with Crippen molar-refractivity contribution < 1.29 is 0 Å². The molecule has 14 heavy (non-hydrogen) atoms. The van der Waals surface area contributed by atoms with Crippen molar-refractivity contribution in [3.05, 3.63) is 35.4 Å². The fourth-order valence-corrected chi connectivity index (χ4v) is 2.06. The molecule has 76 valence electrons. The minimum Gasteiger partial charge on any atom is -0.399 e. The molecule has 0 unspecified atom stereocenters. The molecule has 0 saturated carbocycles. The first kappa shape index (κ1) is 11.4. The Morgan fingerprint density at radius 1 is 1.36 bits per heavy atom. The second-order valence-corrected chi connectivity index (χ2v) is 4.18. The smallest absolute Gasteiger partial charge is 0.0562 e. The highest BCUT2D eigenvalue weighted by Crippen LogP contribution is 2.28. The number of rotatable bonds is 4. The summed E-state index contributed by atoms with van der Waals surface area (Å²) in [6.07, 6.45) is 3.95. The van der Waals surface area contributed by atoms with Crippen molar-refractivity contribution in [3.8, 4) is 0 Å². The molecular formula is C10H13ClN2S. The summed E-state index contributed by atoms with van der Waals surface area (Å²) in [5.41, 5.74) is 11.6. The Morgan fingerprint density at radius 2 is 2.14 bits per heavy atom. The third-order valence-electron chi connectivity index (χ3n) is 1.59. The zero-order valence-electron chi connectivity index (χ0n) is 7.74. The summed E-state index contributed by atoms with van der Waals surface area (Å²) < 4.78 is 0. The van der Waals surface area contributed by atoms with E-state index < -0.39 is 0 Å². The maximum Gasteiger partial charge on any atom is 0.0562 e. The molecule has 2 nitrogen and oxygen atoms in total. The zero-order chi connectivity index (χ0) is 10.4.